The molecule has 0 bridgehead atoms. The number of ketones is 1. The minimum Gasteiger partial charge on any atom is -0.488 e. The fourth-order valence-electron chi connectivity index (χ4n) is 7.45. The molecule has 1 rings (SSSR count). The molecule has 1 aromatic rings. The number of ether oxygens (including phenoxy) is 3. The van der Waals surface area contributed by atoms with Gasteiger partial charge in [0.2, 0.25) is 0 Å². The van der Waals surface area contributed by atoms with Gasteiger partial charge < -0.3 is 30.6 Å². The highest BCUT2D eigenvalue weighted by atomic mass is 16.5. The van der Waals surface area contributed by atoms with Crippen LogP contribution in [-0.2, 0) is 14.3 Å². The van der Waals surface area contributed by atoms with E-state index in [1.54, 1.807) is 19.1 Å². The van der Waals surface area contributed by atoms with Crippen molar-refractivity contribution in [1.29, 1.82) is 0 Å². The molecule has 0 aromatic heterocycles. The molecule has 1 aromatic carbocycles. The highest BCUT2D eigenvalue weighted by Crippen LogP contribution is 2.40. The van der Waals surface area contributed by atoms with Gasteiger partial charge in [0.15, 0.2) is 0 Å². The Bertz CT molecular complexity index is 1210. The molecule has 0 aliphatic heterocycles. The number of nitrogens with two attached hydrogens (primary N) is 1. The van der Waals surface area contributed by atoms with Crippen LogP contribution < -0.4 is 21.1 Å². The summed E-state index contributed by atoms with van der Waals surface area (Å²) in [4.78, 5) is 25.4. The van der Waals surface area contributed by atoms with Crippen molar-refractivity contribution in [2.45, 2.75) is 183 Å². The third-order valence-corrected chi connectivity index (χ3v) is 8.83. The smallest absolute Gasteiger partial charge is 0.251 e. The summed E-state index contributed by atoms with van der Waals surface area (Å²) in [6.45, 7) is 34.4. The number of rotatable bonds is 19. The van der Waals surface area contributed by atoms with Gasteiger partial charge in [-0.3, -0.25) is 9.59 Å². The van der Waals surface area contributed by atoms with Gasteiger partial charge in [0.25, 0.3) is 5.91 Å². The topological polar surface area (TPSA) is 112 Å². The molecule has 8 nitrogen and oxygen atoms in total. The Kier molecular flexibility index (Phi) is 13.6. The minimum absolute atomic E-state index is 0.117. The van der Waals surface area contributed by atoms with E-state index in [4.69, 9.17) is 19.9 Å². The molecule has 0 spiro atoms. The number of hydrogen-bond acceptors (Lipinski definition) is 7. The Labute approximate surface area is 288 Å². The minimum atomic E-state index is -0.601. The van der Waals surface area contributed by atoms with Gasteiger partial charge in [0, 0.05) is 33.9 Å². The Morgan fingerprint density at radius 1 is 0.723 bits per heavy atom. The predicted molar refractivity (Wildman–Crippen MR) is 195 cm³/mol. The molecule has 4 N–H and O–H groups in total. The van der Waals surface area contributed by atoms with Crippen molar-refractivity contribution < 1.29 is 23.8 Å². The molecule has 1 atom stereocenters. The van der Waals surface area contributed by atoms with E-state index < -0.39 is 45.0 Å². The Morgan fingerprint density at radius 2 is 1.26 bits per heavy atom. The lowest BCUT2D eigenvalue weighted by molar-refractivity contribution is -0.190. The van der Waals surface area contributed by atoms with Gasteiger partial charge in [-0.25, -0.2) is 0 Å². The Hall–Kier alpha value is -2.00. The van der Waals surface area contributed by atoms with E-state index in [0.29, 0.717) is 30.6 Å². The molecule has 0 saturated carbocycles. The SMILES string of the molecule is CNC(C)(C)CC(C)(C)NC(=O)c1cccc(OC(C)(C)CC(C)(C)C(N)OC(C)(C)CC(C)(C)OC(C)(C)CC(C)(C)C(C)=O)c1. The first-order chi connectivity index (χ1) is 20.7. The van der Waals surface area contributed by atoms with Gasteiger partial charge in [-0.05, 0) is 135 Å². The Balaban J connectivity index is 2.95. The molecule has 272 valence electrons. The van der Waals surface area contributed by atoms with Crippen LogP contribution >= 0.6 is 0 Å². The number of amides is 1. The summed E-state index contributed by atoms with van der Waals surface area (Å²) in [6.07, 6.45) is 2.00. The van der Waals surface area contributed by atoms with Crippen LogP contribution in [0.25, 0.3) is 0 Å². The van der Waals surface area contributed by atoms with Crippen molar-refractivity contribution in [1.82, 2.24) is 10.6 Å². The molecule has 0 aliphatic carbocycles. The molecule has 1 amide bonds. The molecule has 0 saturated heterocycles. The van der Waals surface area contributed by atoms with Gasteiger partial charge in [-0.15, -0.1) is 0 Å². The van der Waals surface area contributed by atoms with Crippen molar-refractivity contribution >= 4 is 11.7 Å². The fourth-order valence-corrected chi connectivity index (χ4v) is 7.45. The number of carbonyl (C=O) groups excluding carboxylic acids is 2. The molecule has 0 radical (unpaired) electrons. The van der Waals surface area contributed by atoms with E-state index in [1.807, 2.05) is 88.4 Å². The van der Waals surface area contributed by atoms with Crippen LogP contribution in [0.3, 0.4) is 0 Å². The van der Waals surface area contributed by atoms with Gasteiger partial charge >= 0.3 is 0 Å². The molecule has 0 aliphatic rings. The van der Waals surface area contributed by atoms with Crippen LogP contribution in [0, 0.1) is 10.8 Å². The van der Waals surface area contributed by atoms with Gasteiger partial charge in [-0.2, -0.15) is 0 Å². The first-order valence-electron chi connectivity index (χ1n) is 17.2. The zero-order valence-electron chi connectivity index (χ0n) is 33.3. The first-order valence-corrected chi connectivity index (χ1v) is 17.2. The maximum Gasteiger partial charge on any atom is 0.251 e. The van der Waals surface area contributed by atoms with E-state index in [2.05, 4.69) is 52.2 Å². The van der Waals surface area contributed by atoms with Gasteiger partial charge in [0.1, 0.15) is 23.4 Å². The van der Waals surface area contributed by atoms with E-state index in [1.165, 1.54) is 0 Å². The zero-order chi connectivity index (χ0) is 37.1. The van der Waals surface area contributed by atoms with E-state index in [0.717, 1.165) is 6.42 Å². The van der Waals surface area contributed by atoms with Crippen molar-refractivity contribution in [2.24, 2.45) is 16.6 Å². The van der Waals surface area contributed by atoms with Crippen LogP contribution in [0.4, 0.5) is 0 Å². The van der Waals surface area contributed by atoms with Crippen molar-refractivity contribution in [3.05, 3.63) is 29.8 Å². The summed E-state index contributed by atoms with van der Waals surface area (Å²) in [5.74, 6) is 0.634. The fraction of sp³-hybridized carbons (Fsp3) is 0.795. The number of hydrogen-bond donors (Lipinski definition) is 3. The van der Waals surface area contributed by atoms with Crippen LogP contribution in [0.1, 0.15) is 154 Å². The lowest BCUT2D eigenvalue weighted by atomic mass is 9.78. The van der Waals surface area contributed by atoms with Crippen LogP contribution in [-0.4, -0.2) is 58.4 Å². The highest BCUT2D eigenvalue weighted by molar-refractivity contribution is 5.95. The standard InChI is InChI=1S/C39H71N3O5/c1-27(43)32(2,3)23-38(14,15)47-39(16,17)26-37(12,13)46-31(40)33(4,5)24-36(10,11)45-29-21-19-20-28(22-29)30(44)42-35(8,9)25-34(6,7)41-18/h19-22,31,41H,23-26,40H2,1-18H3,(H,42,44). The number of carbonyl (C=O) groups is 2. The Morgan fingerprint density at radius 3 is 1.77 bits per heavy atom. The summed E-state index contributed by atoms with van der Waals surface area (Å²) in [6, 6.07) is 7.33. The molecule has 1 unspecified atom stereocenters. The summed E-state index contributed by atoms with van der Waals surface area (Å²) in [5, 5.41) is 6.49. The monoisotopic (exact) mass is 662 g/mol. The predicted octanol–water partition coefficient (Wildman–Crippen LogP) is 8.21. The van der Waals surface area contributed by atoms with E-state index in [-0.39, 0.29) is 17.2 Å². The zero-order valence-corrected chi connectivity index (χ0v) is 33.3. The second-order valence-corrected chi connectivity index (χ2v) is 18.9. The van der Waals surface area contributed by atoms with Crippen molar-refractivity contribution in [3.63, 3.8) is 0 Å². The largest absolute Gasteiger partial charge is 0.488 e. The summed E-state index contributed by atoms with van der Waals surface area (Å²) >= 11 is 0. The quantitative estimate of drug-likeness (QED) is 0.128. The van der Waals surface area contributed by atoms with Gasteiger partial charge in [-0.1, -0.05) is 33.8 Å². The summed E-state index contributed by atoms with van der Waals surface area (Å²) < 4.78 is 19.7. The molecular weight excluding hydrogens is 590 g/mol. The van der Waals surface area contributed by atoms with Crippen LogP contribution in [0.5, 0.6) is 5.75 Å². The lowest BCUT2D eigenvalue weighted by Crippen LogP contribution is -2.51. The summed E-state index contributed by atoms with van der Waals surface area (Å²) in [7, 11) is 1.93. The number of benzene rings is 1. The molecule has 47 heavy (non-hydrogen) atoms. The van der Waals surface area contributed by atoms with Crippen molar-refractivity contribution in [3.8, 4) is 5.75 Å². The van der Waals surface area contributed by atoms with E-state index >= 15 is 0 Å². The lowest BCUT2D eigenvalue weighted by Gasteiger charge is -2.45. The average molecular weight is 662 g/mol. The van der Waals surface area contributed by atoms with Crippen LogP contribution in [0.15, 0.2) is 24.3 Å². The number of nitrogens with one attached hydrogen (secondary N) is 2. The molecule has 0 heterocycles. The van der Waals surface area contributed by atoms with Gasteiger partial charge in [0.05, 0.1) is 16.8 Å². The third-order valence-electron chi connectivity index (χ3n) is 8.83. The molecule has 8 heteroatoms. The third kappa shape index (κ3) is 15.0. The normalized spacial score (nSPS) is 15.0. The second-order valence-electron chi connectivity index (χ2n) is 18.9. The second kappa shape index (κ2) is 14.9. The van der Waals surface area contributed by atoms with Crippen LogP contribution in [0.2, 0.25) is 0 Å². The highest BCUT2D eigenvalue weighted by Gasteiger charge is 2.42. The van der Waals surface area contributed by atoms with E-state index in [9.17, 15) is 9.59 Å². The maximum atomic E-state index is 13.2. The van der Waals surface area contributed by atoms with Crippen molar-refractivity contribution in [2.75, 3.05) is 7.05 Å². The summed E-state index contributed by atoms with van der Waals surface area (Å²) in [5.41, 5.74) is 3.65. The molecular formula is C39H71N3O5. The molecule has 0 fully saturated rings. The average Bonchev–Trinajstić information content (AvgIpc) is 2.79. The first kappa shape index (κ1) is 43.0. The number of Topliss-reactive ketones (excluding diaryl/α,β-unsaturated/α-hetero) is 1. The maximum absolute atomic E-state index is 13.2.